The Labute approximate surface area is 175 Å². The van der Waals surface area contributed by atoms with Crippen molar-refractivity contribution < 1.29 is 9.53 Å². The molecule has 0 bridgehead atoms. The van der Waals surface area contributed by atoms with Crippen molar-refractivity contribution in [3.8, 4) is 11.6 Å². The zero-order valence-electron chi connectivity index (χ0n) is 14.1. The van der Waals surface area contributed by atoms with Crippen molar-refractivity contribution in [2.75, 3.05) is 12.4 Å². The predicted octanol–water partition coefficient (Wildman–Crippen LogP) is 5.45. The lowest BCUT2D eigenvalue weighted by Gasteiger charge is -2.13. The van der Waals surface area contributed by atoms with Gasteiger partial charge in [-0.15, -0.1) is 0 Å². The van der Waals surface area contributed by atoms with Crippen molar-refractivity contribution in [2.24, 2.45) is 0 Å². The van der Waals surface area contributed by atoms with E-state index in [4.69, 9.17) is 51.1 Å². The molecule has 6 nitrogen and oxygen atoms in total. The zero-order chi connectivity index (χ0) is 19.7. The molecule has 1 amide bonds. The lowest BCUT2D eigenvalue weighted by molar-refractivity contribution is 0.102. The summed E-state index contributed by atoms with van der Waals surface area (Å²) < 4.78 is 6.62. The first-order valence-electron chi connectivity index (χ1n) is 7.53. The summed E-state index contributed by atoms with van der Waals surface area (Å²) in [5.74, 6) is 0.304. The summed E-state index contributed by atoms with van der Waals surface area (Å²) >= 11 is 24.4. The van der Waals surface area contributed by atoms with Crippen LogP contribution in [0.4, 0.5) is 5.82 Å². The lowest BCUT2D eigenvalue weighted by Crippen LogP contribution is -2.17. The minimum atomic E-state index is -0.523. The number of amides is 1. The van der Waals surface area contributed by atoms with Crippen molar-refractivity contribution in [3.05, 3.63) is 61.8 Å². The molecule has 3 aromatic rings. The van der Waals surface area contributed by atoms with Crippen molar-refractivity contribution in [2.45, 2.75) is 6.92 Å². The van der Waals surface area contributed by atoms with E-state index in [0.717, 1.165) is 0 Å². The molecule has 0 aliphatic rings. The number of halogens is 4. The van der Waals surface area contributed by atoms with E-state index >= 15 is 0 Å². The van der Waals surface area contributed by atoms with Crippen LogP contribution in [0, 0.1) is 6.92 Å². The minimum absolute atomic E-state index is 0.104. The number of aromatic nitrogens is 3. The van der Waals surface area contributed by atoms with Gasteiger partial charge in [0.05, 0.1) is 32.9 Å². The van der Waals surface area contributed by atoms with Crippen LogP contribution in [0.15, 0.2) is 30.5 Å². The largest absolute Gasteiger partial charge is 0.494 e. The van der Waals surface area contributed by atoms with E-state index in [1.54, 1.807) is 19.1 Å². The van der Waals surface area contributed by atoms with Crippen molar-refractivity contribution in [1.29, 1.82) is 0 Å². The molecule has 0 aliphatic carbocycles. The molecule has 2 aromatic heterocycles. The van der Waals surface area contributed by atoms with E-state index in [2.05, 4.69) is 15.4 Å². The molecule has 1 aromatic carbocycles. The summed E-state index contributed by atoms with van der Waals surface area (Å²) in [5, 5.41) is 8.18. The Morgan fingerprint density at radius 1 is 1.11 bits per heavy atom. The third-order valence-corrected chi connectivity index (χ3v) is 4.65. The van der Waals surface area contributed by atoms with Crippen molar-refractivity contribution >= 4 is 58.1 Å². The van der Waals surface area contributed by atoms with E-state index in [1.807, 2.05) is 0 Å². The molecular formula is C17H12Cl4N4O2. The molecule has 0 saturated carbocycles. The van der Waals surface area contributed by atoms with Gasteiger partial charge in [-0.2, -0.15) is 9.78 Å². The van der Waals surface area contributed by atoms with E-state index in [0.29, 0.717) is 22.4 Å². The van der Waals surface area contributed by atoms with Crippen LogP contribution in [-0.2, 0) is 0 Å². The summed E-state index contributed by atoms with van der Waals surface area (Å²) in [4.78, 5) is 17.0. The summed E-state index contributed by atoms with van der Waals surface area (Å²) in [7, 11) is 1.40. The highest BCUT2D eigenvalue weighted by molar-refractivity contribution is 6.38. The number of nitrogens with zero attached hydrogens (tertiary/aromatic N) is 3. The zero-order valence-corrected chi connectivity index (χ0v) is 17.1. The Morgan fingerprint density at radius 3 is 2.48 bits per heavy atom. The number of aryl methyl sites for hydroxylation is 1. The Morgan fingerprint density at radius 2 is 1.81 bits per heavy atom. The molecule has 0 saturated heterocycles. The van der Waals surface area contributed by atoms with Gasteiger partial charge in [-0.25, -0.2) is 4.98 Å². The standard InChI is InChI=1S/C17H12Cl4N4O2/c1-8-5-13(25(24-8)16-12(21)6-9(18)7-22-16)23-17(26)14-10(19)3-4-11(20)15(14)27-2/h3-7H,1-2H3,(H,23,26). The van der Waals surface area contributed by atoms with Crippen LogP contribution in [0.25, 0.3) is 5.82 Å². The number of hydrogen-bond acceptors (Lipinski definition) is 4. The van der Waals surface area contributed by atoms with E-state index in [1.165, 1.54) is 30.1 Å². The number of nitrogens with one attached hydrogen (secondary N) is 1. The fourth-order valence-corrected chi connectivity index (χ4v) is 3.37. The molecule has 10 heteroatoms. The first kappa shape index (κ1) is 19.8. The molecule has 27 heavy (non-hydrogen) atoms. The van der Waals surface area contributed by atoms with Gasteiger partial charge in [0.15, 0.2) is 11.6 Å². The number of pyridine rings is 1. The maximum absolute atomic E-state index is 12.8. The number of ether oxygens (including phenoxy) is 1. The minimum Gasteiger partial charge on any atom is -0.494 e. The molecule has 0 fully saturated rings. The summed E-state index contributed by atoms with van der Waals surface area (Å²) in [6, 6.07) is 6.26. The maximum Gasteiger partial charge on any atom is 0.262 e. The molecular weight excluding hydrogens is 434 g/mol. The van der Waals surface area contributed by atoms with Gasteiger partial charge >= 0.3 is 0 Å². The van der Waals surface area contributed by atoms with Gasteiger partial charge in [-0.1, -0.05) is 46.4 Å². The quantitative estimate of drug-likeness (QED) is 0.579. The molecule has 0 spiro atoms. The first-order chi connectivity index (χ1) is 12.8. The van der Waals surface area contributed by atoms with Crippen molar-refractivity contribution in [1.82, 2.24) is 14.8 Å². The smallest absolute Gasteiger partial charge is 0.262 e. The monoisotopic (exact) mass is 444 g/mol. The number of anilines is 1. The fourth-order valence-electron chi connectivity index (χ4n) is 2.44. The van der Waals surface area contributed by atoms with Crippen LogP contribution in [-0.4, -0.2) is 27.8 Å². The Balaban J connectivity index is 2.03. The van der Waals surface area contributed by atoms with Gasteiger partial charge in [0.1, 0.15) is 11.4 Å². The Kier molecular flexibility index (Phi) is 5.81. The van der Waals surface area contributed by atoms with E-state index in [-0.39, 0.29) is 26.4 Å². The number of methoxy groups -OCH3 is 1. The van der Waals surface area contributed by atoms with Crippen LogP contribution in [0.3, 0.4) is 0 Å². The average molecular weight is 446 g/mol. The molecule has 0 unspecified atom stereocenters. The predicted molar refractivity (Wildman–Crippen MR) is 107 cm³/mol. The summed E-state index contributed by atoms with van der Waals surface area (Å²) in [6.45, 7) is 1.77. The maximum atomic E-state index is 12.8. The van der Waals surface area contributed by atoms with E-state index in [9.17, 15) is 4.79 Å². The van der Waals surface area contributed by atoms with Crippen LogP contribution >= 0.6 is 46.4 Å². The number of hydrogen-bond donors (Lipinski definition) is 1. The lowest BCUT2D eigenvalue weighted by atomic mass is 10.2. The highest BCUT2D eigenvalue weighted by Gasteiger charge is 2.22. The Bertz CT molecular complexity index is 1040. The second-order valence-corrected chi connectivity index (χ2v) is 7.09. The molecule has 1 N–H and O–H groups in total. The van der Waals surface area contributed by atoms with Gasteiger partial charge in [-0.3, -0.25) is 4.79 Å². The van der Waals surface area contributed by atoms with Gasteiger partial charge in [0, 0.05) is 12.3 Å². The Hall–Kier alpha value is -1.99. The van der Waals surface area contributed by atoms with Crippen LogP contribution in [0.5, 0.6) is 5.75 Å². The van der Waals surface area contributed by atoms with Crippen molar-refractivity contribution in [3.63, 3.8) is 0 Å². The molecule has 0 atom stereocenters. The molecule has 3 rings (SSSR count). The third kappa shape index (κ3) is 3.99. The fraction of sp³-hybridized carbons (Fsp3) is 0.118. The first-order valence-corrected chi connectivity index (χ1v) is 9.04. The van der Waals surface area contributed by atoms with Crippen LogP contribution in [0.1, 0.15) is 16.1 Å². The number of carbonyl (C=O) groups is 1. The normalized spacial score (nSPS) is 10.7. The van der Waals surface area contributed by atoms with Gasteiger partial charge in [0.2, 0.25) is 0 Å². The highest BCUT2D eigenvalue weighted by Crippen LogP contribution is 2.34. The number of carbonyl (C=O) groups excluding carboxylic acids is 1. The third-order valence-electron chi connectivity index (χ3n) is 3.55. The average Bonchev–Trinajstić information content (AvgIpc) is 2.96. The van der Waals surface area contributed by atoms with Crippen LogP contribution in [0.2, 0.25) is 20.1 Å². The van der Waals surface area contributed by atoms with Gasteiger partial charge in [-0.05, 0) is 25.1 Å². The number of rotatable bonds is 4. The summed E-state index contributed by atoms with van der Waals surface area (Å²) in [5.41, 5.74) is 0.745. The van der Waals surface area contributed by atoms with Gasteiger partial charge < -0.3 is 10.1 Å². The highest BCUT2D eigenvalue weighted by atomic mass is 35.5. The van der Waals surface area contributed by atoms with Crippen LogP contribution < -0.4 is 10.1 Å². The summed E-state index contributed by atoms with van der Waals surface area (Å²) in [6.07, 6.45) is 1.43. The SMILES string of the molecule is COc1c(Cl)ccc(Cl)c1C(=O)Nc1cc(C)nn1-c1ncc(Cl)cc1Cl. The number of benzene rings is 1. The molecule has 0 radical (unpaired) electrons. The van der Waals surface area contributed by atoms with Gasteiger partial charge in [0.25, 0.3) is 5.91 Å². The molecule has 2 heterocycles. The molecule has 0 aliphatic heterocycles. The second kappa shape index (κ2) is 7.94. The second-order valence-electron chi connectivity index (χ2n) is 5.43. The topological polar surface area (TPSA) is 69.0 Å². The molecule has 140 valence electrons. The van der Waals surface area contributed by atoms with E-state index < -0.39 is 5.91 Å².